The van der Waals surface area contributed by atoms with Crippen LogP contribution in [0.4, 0.5) is 0 Å². The summed E-state index contributed by atoms with van der Waals surface area (Å²) in [5.41, 5.74) is 3.59. The molecule has 2 aliphatic heterocycles. The number of rotatable bonds is 6. The molecule has 5 rings (SSSR count). The lowest BCUT2D eigenvalue weighted by Gasteiger charge is -2.39. The van der Waals surface area contributed by atoms with Gasteiger partial charge in [-0.15, -0.1) is 5.10 Å². The highest BCUT2D eigenvalue weighted by Crippen LogP contribution is 2.30. The third-order valence-electron chi connectivity index (χ3n) is 5.95. The lowest BCUT2D eigenvalue weighted by Crippen LogP contribution is -2.60. The Morgan fingerprint density at radius 2 is 1.97 bits per heavy atom. The molecule has 3 aromatic rings. The minimum absolute atomic E-state index is 0.360. The van der Waals surface area contributed by atoms with Gasteiger partial charge in [-0.3, -0.25) is 0 Å². The fraction of sp³-hybridized carbons (Fsp3) is 0.455. The molecular formula is C22H25N3O7. The van der Waals surface area contributed by atoms with E-state index in [2.05, 4.69) is 16.4 Å². The zero-order valence-corrected chi connectivity index (χ0v) is 17.2. The van der Waals surface area contributed by atoms with Crippen LogP contribution in [0.2, 0.25) is 0 Å². The summed E-state index contributed by atoms with van der Waals surface area (Å²) in [4.78, 5) is 0. The molecule has 32 heavy (non-hydrogen) atoms. The van der Waals surface area contributed by atoms with Gasteiger partial charge in [0.1, 0.15) is 41.2 Å². The third kappa shape index (κ3) is 3.80. The number of hydrogen-bond acceptors (Lipinski definition) is 9. The van der Waals surface area contributed by atoms with Crippen molar-refractivity contribution in [2.45, 2.75) is 50.1 Å². The van der Waals surface area contributed by atoms with E-state index < -0.39 is 37.3 Å². The molecule has 0 radical (unpaired) electrons. The number of aromatic nitrogens is 3. The third-order valence-corrected chi connectivity index (χ3v) is 5.95. The number of aliphatic hydroxyl groups excluding tert-OH is 4. The predicted molar refractivity (Wildman–Crippen MR) is 111 cm³/mol. The van der Waals surface area contributed by atoms with Gasteiger partial charge in [-0.2, -0.15) is 0 Å². The molecule has 1 aromatic heterocycles. The zero-order valence-electron chi connectivity index (χ0n) is 17.2. The van der Waals surface area contributed by atoms with Crippen molar-refractivity contribution in [2.24, 2.45) is 0 Å². The largest absolute Gasteiger partial charge is 0.493 e. The SMILES string of the molecule is OC[C@H]1O[C@@H](Oc2cccc3nnn(CCc4ccc5c(c4)CCO5)c23)[C@H](O)[C@@H](O)[C@@H]1O. The average Bonchev–Trinajstić information content (AvgIpc) is 3.45. The van der Waals surface area contributed by atoms with Crippen LogP contribution in [0.3, 0.4) is 0 Å². The predicted octanol–water partition coefficient (Wildman–Crippen LogP) is -0.212. The molecule has 0 saturated carbocycles. The number of fused-ring (bicyclic) bond motifs is 2. The lowest BCUT2D eigenvalue weighted by atomic mass is 9.99. The maximum atomic E-state index is 10.3. The van der Waals surface area contributed by atoms with Gasteiger partial charge < -0.3 is 34.6 Å². The quantitative estimate of drug-likeness (QED) is 0.407. The van der Waals surface area contributed by atoms with Crippen LogP contribution in [0.5, 0.6) is 11.5 Å². The van der Waals surface area contributed by atoms with Gasteiger partial charge in [0.25, 0.3) is 0 Å². The highest BCUT2D eigenvalue weighted by molar-refractivity contribution is 5.81. The maximum Gasteiger partial charge on any atom is 0.229 e. The van der Waals surface area contributed by atoms with Crippen molar-refractivity contribution >= 4 is 11.0 Å². The summed E-state index contributed by atoms with van der Waals surface area (Å²) in [6.07, 6.45) is -5.17. The van der Waals surface area contributed by atoms with Crippen LogP contribution in [0, 0.1) is 0 Å². The fourth-order valence-corrected chi connectivity index (χ4v) is 4.17. The van der Waals surface area contributed by atoms with E-state index in [4.69, 9.17) is 14.2 Å². The highest BCUT2D eigenvalue weighted by atomic mass is 16.7. The Balaban J connectivity index is 1.37. The zero-order chi connectivity index (χ0) is 22.2. The molecule has 0 bridgehead atoms. The van der Waals surface area contributed by atoms with Gasteiger partial charge in [-0.25, -0.2) is 4.68 Å². The Morgan fingerprint density at radius 3 is 2.81 bits per heavy atom. The van der Waals surface area contributed by atoms with Crippen LogP contribution in [0.1, 0.15) is 11.1 Å². The number of hydrogen-bond donors (Lipinski definition) is 4. The number of para-hydroxylation sites is 1. The van der Waals surface area contributed by atoms with Crippen LogP contribution in [-0.4, -0.2) is 79.3 Å². The van der Waals surface area contributed by atoms with Gasteiger partial charge in [0.05, 0.1) is 13.2 Å². The smallest absolute Gasteiger partial charge is 0.229 e. The van der Waals surface area contributed by atoms with E-state index >= 15 is 0 Å². The van der Waals surface area contributed by atoms with E-state index in [9.17, 15) is 20.4 Å². The molecule has 0 aliphatic carbocycles. The van der Waals surface area contributed by atoms with Gasteiger partial charge in [-0.1, -0.05) is 23.4 Å². The molecule has 2 aromatic carbocycles. The van der Waals surface area contributed by atoms with Crippen LogP contribution < -0.4 is 9.47 Å². The molecule has 4 N–H and O–H groups in total. The van der Waals surface area contributed by atoms with E-state index in [0.29, 0.717) is 29.9 Å². The van der Waals surface area contributed by atoms with E-state index in [-0.39, 0.29) is 0 Å². The molecular weight excluding hydrogens is 418 g/mol. The first-order valence-corrected chi connectivity index (χ1v) is 10.6. The summed E-state index contributed by atoms with van der Waals surface area (Å²) in [6, 6.07) is 11.4. The number of benzene rings is 2. The van der Waals surface area contributed by atoms with E-state index in [1.807, 2.05) is 12.1 Å². The van der Waals surface area contributed by atoms with Gasteiger partial charge in [0, 0.05) is 13.0 Å². The van der Waals surface area contributed by atoms with Crippen LogP contribution in [-0.2, 0) is 24.1 Å². The average molecular weight is 443 g/mol. The van der Waals surface area contributed by atoms with Crippen molar-refractivity contribution < 1.29 is 34.6 Å². The van der Waals surface area contributed by atoms with Crippen LogP contribution in [0.15, 0.2) is 36.4 Å². The molecule has 5 atom stereocenters. The minimum atomic E-state index is -1.52. The fourth-order valence-electron chi connectivity index (χ4n) is 4.17. The van der Waals surface area contributed by atoms with Crippen LogP contribution in [0.25, 0.3) is 11.0 Å². The normalized spacial score (nSPS) is 27.3. The Morgan fingerprint density at radius 1 is 1.09 bits per heavy atom. The van der Waals surface area contributed by atoms with Crippen LogP contribution >= 0.6 is 0 Å². The van der Waals surface area contributed by atoms with E-state index in [0.717, 1.165) is 24.2 Å². The van der Waals surface area contributed by atoms with Crippen molar-refractivity contribution in [3.05, 3.63) is 47.5 Å². The van der Waals surface area contributed by atoms with Crippen molar-refractivity contribution in [3.63, 3.8) is 0 Å². The van der Waals surface area contributed by atoms with Gasteiger partial charge in [-0.05, 0) is 35.7 Å². The molecule has 0 unspecified atom stereocenters. The van der Waals surface area contributed by atoms with Gasteiger partial charge >= 0.3 is 0 Å². The number of aryl methyl sites for hydroxylation is 2. The van der Waals surface area contributed by atoms with E-state index in [1.54, 1.807) is 22.9 Å². The van der Waals surface area contributed by atoms with E-state index in [1.165, 1.54) is 5.56 Å². The Kier molecular flexibility index (Phi) is 5.70. The van der Waals surface area contributed by atoms with Crippen molar-refractivity contribution in [3.8, 4) is 11.5 Å². The monoisotopic (exact) mass is 443 g/mol. The summed E-state index contributed by atoms with van der Waals surface area (Å²) in [7, 11) is 0. The Bertz CT molecular complexity index is 1100. The molecule has 10 nitrogen and oxygen atoms in total. The summed E-state index contributed by atoms with van der Waals surface area (Å²) in [5, 5.41) is 48.2. The first-order chi connectivity index (χ1) is 15.5. The molecule has 10 heteroatoms. The second-order valence-corrected chi connectivity index (χ2v) is 8.04. The number of aliphatic hydroxyl groups is 4. The summed E-state index contributed by atoms with van der Waals surface area (Å²) in [6.45, 7) is 0.733. The highest BCUT2D eigenvalue weighted by Gasteiger charge is 2.44. The molecule has 3 heterocycles. The lowest BCUT2D eigenvalue weighted by molar-refractivity contribution is -0.277. The molecule has 1 fully saturated rings. The topological polar surface area (TPSA) is 139 Å². The van der Waals surface area contributed by atoms with Gasteiger partial charge in [0.15, 0.2) is 5.75 Å². The summed E-state index contributed by atoms with van der Waals surface area (Å²) in [5.74, 6) is 1.30. The minimum Gasteiger partial charge on any atom is -0.493 e. The Labute approximate surface area is 183 Å². The standard InChI is InChI=1S/C22H25N3O7/c26-11-17-19(27)20(28)21(29)22(32-17)31-16-3-1-2-14-18(16)25(24-23-14)8-6-12-4-5-15-13(10-12)7-9-30-15/h1-5,10,17,19-22,26-29H,6-9,11H2/t17-,19-,20+,21-,22-/m1/s1. The van der Waals surface area contributed by atoms with Gasteiger partial charge in [0.2, 0.25) is 6.29 Å². The van der Waals surface area contributed by atoms with Crippen molar-refractivity contribution in [1.82, 2.24) is 15.0 Å². The first kappa shape index (κ1) is 21.1. The Hall–Kier alpha value is -2.76. The molecule has 1 saturated heterocycles. The summed E-state index contributed by atoms with van der Waals surface area (Å²) >= 11 is 0. The maximum absolute atomic E-state index is 10.3. The second kappa shape index (κ2) is 8.64. The summed E-state index contributed by atoms with van der Waals surface area (Å²) < 4.78 is 18.6. The molecule has 0 amide bonds. The first-order valence-electron chi connectivity index (χ1n) is 10.6. The molecule has 0 spiro atoms. The number of nitrogens with zero attached hydrogens (tertiary/aromatic N) is 3. The number of ether oxygens (including phenoxy) is 3. The molecule has 2 aliphatic rings. The molecule has 170 valence electrons. The van der Waals surface area contributed by atoms with Crippen molar-refractivity contribution in [2.75, 3.05) is 13.2 Å². The van der Waals surface area contributed by atoms with Crippen molar-refractivity contribution in [1.29, 1.82) is 0 Å². The second-order valence-electron chi connectivity index (χ2n) is 8.04.